The Labute approximate surface area is 130 Å². The van der Waals surface area contributed by atoms with E-state index in [1.54, 1.807) is 50.5 Å². The summed E-state index contributed by atoms with van der Waals surface area (Å²) in [4.78, 5) is 8.24. The summed E-state index contributed by atoms with van der Waals surface area (Å²) in [6, 6.07) is 3.56. The van der Waals surface area contributed by atoms with Crippen molar-refractivity contribution in [1.29, 1.82) is 0 Å². The van der Waals surface area contributed by atoms with Crippen molar-refractivity contribution < 1.29 is 17.6 Å². The zero-order valence-corrected chi connectivity index (χ0v) is 12.9. The van der Waals surface area contributed by atoms with E-state index in [1.165, 1.54) is 0 Å². The van der Waals surface area contributed by atoms with Crippen molar-refractivity contribution in [2.24, 2.45) is 5.92 Å². The second-order valence-corrected chi connectivity index (χ2v) is 5.88. The molecule has 0 aliphatic heterocycles. The minimum absolute atomic E-state index is 0.0213. The molecule has 0 N–H and O–H groups in total. The monoisotopic (exact) mass is 328 g/mol. The van der Waals surface area contributed by atoms with Crippen LogP contribution in [0.3, 0.4) is 0 Å². The normalized spacial score (nSPS) is 13.7. The molecular weight excluding hydrogens is 313 g/mol. The van der Waals surface area contributed by atoms with Gasteiger partial charge >= 0.3 is 5.51 Å². The number of alkyl halides is 3. The highest BCUT2D eigenvalue weighted by Gasteiger charge is 2.28. The molecule has 2 heterocycles. The Kier molecular flexibility index (Phi) is 5.28. The molecule has 0 saturated heterocycles. The molecule has 2 rings (SSSR count). The number of oxazole rings is 1. The van der Waals surface area contributed by atoms with Gasteiger partial charge < -0.3 is 4.42 Å². The van der Waals surface area contributed by atoms with Crippen molar-refractivity contribution in [3.05, 3.63) is 42.1 Å². The summed E-state index contributed by atoms with van der Waals surface area (Å²) in [5, 5.41) is 0. The molecule has 0 aromatic carbocycles. The van der Waals surface area contributed by atoms with E-state index in [2.05, 4.69) is 9.97 Å². The molecule has 1 atom stereocenters. The van der Waals surface area contributed by atoms with Crippen molar-refractivity contribution in [2.75, 3.05) is 5.75 Å². The number of hydrogen-bond donors (Lipinski definition) is 0. The third kappa shape index (κ3) is 4.91. The van der Waals surface area contributed by atoms with Gasteiger partial charge in [-0.3, -0.25) is 4.98 Å². The van der Waals surface area contributed by atoms with Crippen molar-refractivity contribution in [1.82, 2.24) is 9.97 Å². The maximum Gasteiger partial charge on any atom is 0.441 e. The molecule has 118 valence electrons. The zero-order chi connectivity index (χ0) is 16.2. The summed E-state index contributed by atoms with van der Waals surface area (Å²) >= 11 is -0.0213. The number of pyridine rings is 1. The number of thioether (sulfide) groups is 1. The van der Waals surface area contributed by atoms with Crippen LogP contribution in [0.5, 0.6) is 0 Å². The summed E-state index contributed by atoms with van der Waals surface area (Å²) in [7, 11) is 0. The first-order valence-electron chi connectivity index (χ1n) is 6.62. The maximum atomic E-state index is 12.1. The van der Waals surface area contributed by atoms with Gasteiger partial charge in [-0.1, -0.05) is 24.8 Å². The number of aromatic nitrogens is 2. The highest BCUT2D eigenvalue weighted by atomic mass is 32.2. The predicted octanol–water partition coefficient (Wildman–Crippen LogP) is 4.95. The number of aryl methyl sites for hydroxylation is 1. The second kappa shape index (κ2) is 7.00. The van der Waals surface area contributed by atoms with Crippen LogP contribution in [0.15, 0.2) is 35.0 Å². The van der Waals surface area contributed by atoms with Gasteiger partial charge in [0.1, 0.15) is 0 Å². The Bertz CT molecular complexity index is 638. The van der Waals surface area contributed by atoms with Gasteiger partial charge in [-0.05, 0) is 31.1 Å². The minimum Gasteiger partial charge on any atom is -0.436 e. The average molecular weight is 328 g/mol. The first-order chi connectivity index (χ1) is 10.3. The van der Waals surface area contributed by atoms with Crippen LogP contribution in [0.2, 0.25) is 0 Å². The van der Waals surface area contributed by atoms with E-state index in [1.807, 2.05) is 0 Å². The first kappa shape index (κ1) is 16.6. The van der Waals surface area contributed by atoms with Crippen LogP contribution < -0.4 is 0 Å². The van der Waals surface area contributed by atoms with Crippen molar-refractivity contribution in [3.63, 3.8) is 0 Å². The van der Waals surface area contributed by atoms with Crippen LogP contribution >= 0.6 is 11.8 Å². The summed E-state index contributed by atoms with van der Waals surface area (Å²) < 4.78 is 42.1. The lowest BCUT2D eigenvalue weighted by Gasteiger charge is -2.08. The second-order valence-electron chi connectivity index (χ2n) is 4.80. The molecule has 0 aliphatic rings. The molecule has 0 radical (unpaired) electrons. The molecule has 2 aromatic heterocycles. The lowest BCUT2D eigenvalue weighted by molar-refractivity contribution is -0.0328. The van der Waals surface area contributed by atoms with E-state index in [9.17, 15) is 13.2 Å². The van der Waals surface area contributed by atoms with Gasteiger partial charge in [0.25, 0.3) is 0 Å². The standard InChI is InChI=1S/C15H15F3N2OS/c1-10(9-22-15(16,17)18)3-4-13-11(2)20-14(21-13)12-5-7-19-8-6-12/h3-8,10H,9H2,1-2H3/b4-3-. The molecule has 0 spiro atoms. The van der Waals surface area contributed by atoms with E-state index >= 15 is 0 Å². The number of hydrogen-bond acceptors (Lipinski definition) is 4. The number of nitrogens with zero attached hydrogens (tertiary/aromatic N) is 2. The molecule has 0 fully saturated rings. The number of rotatable bonds is 5. The third-order valence-electron chi connectivity index (χ3n) is 2.85. The van der Waals surface area contributed by atoms with Crippen LogP contribution in [0, 0.1) is 12.8 Å². The molecule has 0 saturated carbocycles. The van der Waals surface area contributed by atoms with Crippen LogP contribution in [0.1, 0.15) is 18.4 Å². The molecule has 0 amide bonds. The smallest absolute Gasteiger partial charge is 0.436 e. The van der Waals surface area contributed by atoms with Gasteiger partial charge in [-0.15, -0.1) is 0 Å². The largest absolute Gasteiger partial charge is 0.441 e. The lowest BCUT2D eigenvalue weighted by Crippen LogP contribution is -2.05. The molecular formula is C15H15F3N2OS. The molecule has 0 aliphatic carbocycles. The van der Waals surface area contributed by atoms with Crippen molar-refractivity contribution in [3.8, 4) is 11.5 Å². The maximum absolute atomic E-state index is 12.1. The average Bonchev–Trinajstić information content (AvgIpc) is 2.84. The fourth-order valence-corrected chi connectivity index (χ4v) is 2.28. The summed E-state index contributed by atoms with van der Waals surface area (Å²) in [5.41, 5.74) is -2.70. The minimum atomic E-state index is -4.20. The van der Waals surface area contributed by atoms with Gasteiger partial charge in [-0.2, -0.15) is 13.2 Å². The van der Waals surface area contributed by atoms with Gasteiger partial charge in [0.05, 0.1) is 5.69 Å². The van der Waals surface area contributed by atoms with Gasteiger partial charge in [0, 0.05) is 23.7 Å². The van der Waals surface area contributed by atoms with E-state index in [0.29, 0.717) is 17.3 Å². The Morgan fingerprint density at radius 3 is 2.64 bits per heavy atom. The van der Waals surface area contributed by atoms with Crippen molar-refractivity contribution in [2.45, 2.75) is 19.4 Å². The topological polar surface area (TPSA) is 38.9 Å². The first-order valence-corrected chi connectivity index (χ1v) is 7.60. The third-order valence-corrected chi connectivity index (χ3v) is 3.87. The predicted molar refractivity (Wildman–Crippen MR) is 81.2 cm³/mol. The van der Waals surface area contributed by atoms with Gasteiger partial charge in [0.15, 0.2) is 5.76 Å². The Morgan fingerprint density at radius 2 is 2.00 bits per heavy atom. The van der Waals surface area contributed by atoms with Crippen LogP contribution in [0.4, 0.5) is 13.2 Å². The number of allylic oxidation sites excluding steroid dienone is 1. The van der Waals surface area contributed by atoms with Gasteiger partial charge in [0.2, 0.25) is 5.89 Å². The van der Waals surface area contributed by atoms with Crippen LogP contribution in [-0.2, 0) is 0 Å². The zero-order valence-electron chi connectivity index (χ0n) is 12.1. The molecule has 22 heavy (non-hydrogen) atoms. The SMILES string of the molecule is Cc1nc(-c2ccncc2)oc1/C=C\C(C)CSC(F)(F)F. The van der Waals surface area contributed by atoms with E-state index in [-0.39, 0.29) is 23.4 Å². The molecule has 1 unspecified atom stereocenters. The Balaban J connectivity index is 2.04. The molecule has 0 bridgehead atoms. The Hall–Kier alpha value is -1.76. The molecule has 3 nitrogen and oxygen atoms in total. The summed E-state index contributed by atoms with van der Waals surface area (Å²) in [6.07, 6.45) is 6.65. The van der Waals surface area contributed by atoms with E-state index in [4.69, 9.17) is 4.42 Å². The van der Waals surface area contributed by atoms with Crippen LogP contribution in [0.25, 0.3) is 17.5 Å². The summed E-state index contributed by atoms with van der Waals surface area (Å²) in [6.45, 7) is 3.52. The van der Waals surface area contributed by atoms with E-state index in [0.717, 1.165) is 5.56 Å². The highest BCUT2D eigenvalue weighted by molar-refractivity contribution is 8.00. The van der Waals surface area contributed by atoms with Crippen molar-refractivity contribution >= 4 is 17.8 Å². The fraction of sp³-hybridized carbons (Fsp3) is 0.333. The number of halogens is 3. The molecule has 2 aromatic rings. The van der Waals surface area contributed by atoms with E-state index < -0.39 is 5.51 Å². The Morgan fingerprint density at radius 1 is 1.32 bits per heavy atom. The molecule has 7 heteroatoms. The lowest BCUT2D eigenvalue weighted by atomic mass is 10.2. The van der Waals surface area contributed by atoms with Gasteiger partial charge in [-0.25, -0.2) is 4.98 Å². The summed E-state index contributed by atoms with van der Waals surface area (Å²) in [5.74, 6) is 0.776. The van der Waals surface area contributed by atoms with Crippen LogP contribution in [-0.4, -0.2) is 21.2 Å². The quantitative estimate of drug-likeness (QED) is 0.778. The highest BCUT2D eigenvalue weighted by Crippen LogP contribution is 2.32. The fourth-order valence-electron chi connectivity index (χ4n) is 1.71.